The number of carbonyl (C=O) groups is 2. The number of ketones is 1. The van der Waals surface area contributed by atoms with Crippen LogP contribution >= 0.6 is 0 Å². The van der Waals surface area contributed by atoms with Crippen molar-refractivity contribution in [3.8, 4) is 0 Å². The molecule has 4 heteroatoms. The van der Waals surface area contributed by atoms with E-state index in [9.17, 15) is 9.59 Å². The molecule has 1 heterocycles. The van der Waals surface area contributed by atoms with Crippen LogP contribution in [-0.4, -0.2) is 24.6 Å². The van der Waals surface area contributed by atoms with Crippen LogP contribution in [0.15, 0.2) is 0 Å². The summed E-state index contributed by atoms with van der Waals surface area (Å²) >= 11 is 0. The number of cyclic esters (lactones) is 1. The zero-order chi connectivity index (χ0) is 6.85. The molecule has 1 aliphatic rings. The van der Waals surface area contributed by atoms with Crippen LogP contribution in [0.4, 0.5) is 0 Å². The molecule has 1 fully saturated rings. The first kappa shape index (κ1) is 6.22. The molecule has 0 aromatic carbocycles. The van der Waals surface area contributed by atoms with E-state index in [1.54, 1.807) is 6.92 Å². The van der Waals surface area contributed by atoms with Gasteiger partial charge in [-0.15, -0.1) is 0 Å². The maximum absolute atomic E-state index is 10.4. The molecule has 50 valence electrons. The summed E-state index contributed by atoms with van der Waals surface area (Å²) in [6, 6.07) is 0. The van der Waals surface area contributed by atoms with E-state index >= 15 is 0 Å². The van der Waals surface area contributed by atoms with Crippen molar-refractivity contribution in [2.75, 3.05) is 6.61 Å². The Bertz CT molecular complexity index is 151. The Morgan fingerprint density at radius 3 is 2.67 bits per heavy atom. The maximum atomic E-state index is 10.4. The predicted octanol–water partition coefficient (Wildman–Crippen LogP) is -0.525. The van der Waals surface area contributed by atoms with Gasteiger partial charge in [0.15, 0.2) is 0 Å². The molecule has 0 aromatic heterocycles. The van der Waals surface area contributed by atoms with Crippen molar-refractivity contribution >= 4 is 11.8 Å². The van der Waals surface area contributed by atoms with Gasteiger partial charge in [-0.3, -0.25) is 4.79 Å². The van der Waals surface area contributed by atoms with E-state index in [1.165, 1.54) is 0 Å². The monoisotopic (exact) mass is 130 g/mol. The van der Waals surface area contributed by atoms with Gasteiger partial charge in [-0.25, -0.2) is 4.79 Å². The normalized spacial score (nSPS) is 25.2. The van der Waals surface area contributed by atoms with Crippen molar-refractivity contribution in [2.45, 2.75) is 13.2 Å². The lowest BCUT2D eigenvalue weighted by Gasteiger charge is -2.22. The molecule has 1 aliphatic heterocycles. The Balaban J connectivity index is 2.33. The van der Waals surface area contributed by atoms with Gasteiger partial charge in [0.05, 0.1) is 0 Å². The summed E-state index contributed by atoms with van der Waals surface area (Å²) < 4.78 is 8.95. The van der Waals surface area contributed by atoms with Gasteiger partial charge in [0.2, 0.25) is 0 Å². The highest BCUT2D eigenvalue weighted by Crippen LogP contribution is 2.09. The Kier molecular flexibility index (Phi) is 1.48. The molecule has 1 rings (SSSR count). The minimum Gasteiger partial charge on any atom is -0.421 e. The molecule has 0 aromatic rings. The Hall–Kier alpha value is -0.900. The van der Waals surface area contributed by atoms with Crippen LogP contribution in [-0.2, 0) is 19.1 Å². The van der Waals surface area contributed by atoms with Crippen molar-refractivity contribution < 1.29 is 19.1 Å². The highest BCUT2D eigenvalue weighted by Gasteiger charge is 2.41. The SMILES string of the molecule is CCOC1OC(=O)C1=O. The molecule has 0 N–H and O–H groups in total. The van der Waals surface area contributed by atoms with Gasteiger partial charge in [0, 0.05) is 6.61 Å². The Morgan fingerprint density at radius 1 is 1.67 bits per heavy atom. The zero-order valence-electron chi connectivity index (χ0n) is 4.92. The number of rotatable bonds is 2. The third-order valence-electron chi connectivity index (χ3n) is 0.947. The fraction of sp³-hybridized carbons (Fsp3) is 0.600. The van der Waals surface area contributed by atoms with Crippen LogP contribution in [0.3, 0.4) is 0 Å². The summed E-state index contributed by atoms with van der Waals surface area (Å²) in [5, 5.41) is 0. The summed E-state index contributed by atoms with van der Waals surface area (Å²) in [6.45, 7) is 2.10. The minimum atomic E-state index is -0.914. The molecule has 0 bridgehead atoms. The molecule has 4 nitrogen and oxygen atoms in total. The molecule has 1 atom stereocenters. The maximum Gasteiger partial charge on any atom is 0.384 e. The van der Waals surface area contributed by atoms with Crippen LogP contribution in [0.5, 0.6) is 0 Å². The van der Waals surface area contributed by atoms with Gasteiger partial charge in [0.1, 0.15) is 0 Å². The van der Waals surface area contributed by atoms with Crippen molar-refractivity contribution in [2.24, 2.45) is 0 Å². The van der Waals surface area contributed by atoms with E-state index in [0.717, 1.165) is 0 Å². The predicted molar refractivity (Wildman–Crippen MR) is 26.5 cm³/mol. The van der Waals surface area contributed by atoms with Crippen LogP contribution in [0.25, 0.3) is 0 Å². The average molecular weight is 130 g/mol. The summed E-state index contributed by atoms with van der Waals surface area (Å²) in [5.74, 6) is -1.38. The lowest BCUT2D eigenvalue weighted by atomic mass is 10.3. The highest BCUT2D eigenvalue weighted by atomic mass is 16.7. The van der Waals surface area contributed by atoms with Crippen molar-refractivity contribution in [3.63, 3.8) is 0 Å². The molecule has 0 aliphatic carbocycles. The van der Waals surface area contributed by atoms with Crippen molar-refractivity contribution in [1.82, 2.24) is 0 Å². The second kappa shape index (κ2) is 2.14. The number of carbonyl (C=O) groups excluding carboxylic acids is 2. The van der Waals surface area contributed by atoms with E-state index in [2.05, 4.69) is 9.47 Å². The summed E-state index contributed by atoms with van der Waals surface area (Å²) in [7, 11) is 0. The van der Waals surface area contributed by atoms with Gasteiger partial charge in [-0.05, 0) is 6.92 Å². The molecule has 0 amide bonds. The lowest BCUT2D eigenvalue weighted by Crippen LogP contribution is -2.47. The highest BCUT2D eigenvalue weighted by molar-refractivity contribution is 6.40. The van der Waals surface area contributed by atoms with Gasteiger partial charge in [-0.2, -0.15) is 0 Å². The molecule has 0 radical (unpaired) electrons. The average Bonchev–Trinajstić information content (AvgIpc) is 1.88. The first-order valence-electron chi connectivity index (χ1n) is 2.62. The molecular formula is C5H6O4. The molecule has 1 saturated heterocycles. The van der Waals surface area contributed by atoms with E-state index in [1.807, 2.05) is 0 Å². The number of hydrogen-bond donors (Lipinski definition) is 0. The van der Waals surface area contributed by atoms with Crippen LogP contribution < -0.4 is 0 Å². The van der Waals surface area contributed by atoms with E-state index in [0.29, 0.717) is 6.61 Å². The summed E-state index contributed by atoms with van der Waals surface area (Å²) in [4.78, 5) is 20.4. The van der Waals surface area contributed by atoms with Gasteiger partial charge >= 0.3 is 11.8 Å². The molecule has 9 heavy (non-hydrogen) atoms. The fourth-order valence-electron chi connectivity index (χ4n) is 0.508. The summed E-state index contributed by atoms with van der Waals surface area (Å²) in [6.07, 6.45) is -0.914. The van der Waals surface area contributed by atoms with Crippen LogP contribution in [0.1, 0.15) is 6.92 Å². The van der Waals surface area contributed by atoms with Gasteiger partial charge < -0.3 is 9.47 Å². The number of ether oxygens (including phenoxy) is 2. The fourth-order valence-corrected chi connectivity index (χ4v) is 0.508. The number of Topliss-reactive ketones (excluding diaryl/α,β-unsaturated/α-hetero) is 1. The topological polar surface area (TPSA) is 52.6 Å². The van der Waals surface area contributed by atoms with Gasteiger partial charge in [-0.1, -0.05) is 0 Å². The number of hydrogen-bond acceptors (Lipinski definition) is 4. The van der Waals surface area contributed by atoms with E-state index in [4.69, 9.17) is 0 Å². The molecular weight excluding hydrogens is 124 g/mol. The third kappa shape index (κ3) is 0.929. The van der Waals surface area contributed by atoms with E-state index in [-0.39, 0.29) is 0 Å². The first-order valence-corrected chi connectivity index (χ1v) is 2.62. The lowest BCUT2D eigenvalue weighted by molar-refractivity contribution is -0.211. The smallest absolute Gasteiger partial charge is 0.384 e. The molecule has 0 spiro atoms. The van der Waals surface area contributed by atoms with Crippen molar-refractivity contribution in [1.29, 1.82) is 0 Å². The largest absolute Gasteiger partial charge is 0.421 e. The first-order chi connectivity index (χ1) is 4.25. The van der Waals surface area contributed by atoms with Gasteiger partial charge in [0.25, 0.3) is 6.29 Å². The van der Waals surface area contributed by atoms with Crippen LogP contribution in [0, 0.1) is 0 Å². The van der Waals surface area contributed by atoms with Crippen LogP contribution in [0.2, 0.25) is 0 Å². The second-order valence-corrected chi connectivity index (χ2v) is 1.56. The summed E-state index contributed by atoms with van der Waals surface area (Å²) in [5.41, 5.74) is 0. The molecule has 1 unspecified atom stereocenters. The quantitative estimate of drug-likeness (QED) is 0.372. The third-order valence-corrected chi connectivity index (χ3v) is 0.947. The van der Waals surface area contributed by atoms with E-state index < -0.39 is 18.0 Å². The molecule has 0 saturated carbocycles. The Labute approximate surface area is 51.7 Å². The second-order valence-electron chi connectivity index (χ2n) is 1.56. The zero-order valence-corrected chi connectivity index (χ0v) is 4.92. The van der Waals surface area contributed by atoms with Crippen molar-refractivity contribution in [3.05, 3.63) is 0 Å². The Morgan fingerprint density at radius 2 is 2.33 bits per heavy atom. The minimum absolute atomic E-state index is 0.379. The standard InChI is InChI=1S/C5H6O4/c1-2-8-5-3(6)4(7)9-5/h5H,2H2,1H3. The number of esters is 1.